The first-order chi connectivity index (χ1) is 5.72. The van der Waals surface area contributed by atoms with Crippen molar-refractivity contribution in [1.82, 2.24) is 15.3 Å². The van der Waals surface area contributed by atoms with E-state index in [2.05, 4.69) is 15.3 Å². The minimum Gasteiger partial charge on any atom is -0.481 e. The topological polar surface area (TPSA) is 67.0 Å². The molecular weight excluding hydrogens is 158 g/mol. The van der Waals surface area contributed by atoms with Gasteiger partial charge >= 0.3 is 0 Å². The first kappa shape index (κ1) is 8.58. The van der Waals surface area contributed by atoms with Gasteiger partial charge in [-0.3, -0.25) is 4.79 Å². The summed E-state index contributed by atoms with van der Waals surface area (Å²) in [4.78, 5) is 17.3. The highest BCUT2D eigenvalue weighted by molar-refractivity contribution is 5.72. The Bertz CT molecular complexity index is 269. The summed E-state index contributed by atoms with van der Waals surface area (Å²) in [7, 11) is 1.55. The van der Waals surface area contributed by atoms with Gasteiger partial charge in [0.15, 0.2) is 0 Å². The van der Waals surface area contributed by atoms with E-state index in [-0.39, 0.29) is 5.91 Å². The van der Waals surface area contributed by atoms with Crippen LogP contribution in [0.25, 0.3) is 0 Å². The first-order valence-corrected chi connectivity index (χ1v) is 3.54. The molecule has 0 unspecified atom stereocenters. The molecule has 0 spiro atoms. The third-order valence-electron chi connectivity index (χ3n) is 1.33. The van der Waals surface area contributed by atoms with Gasteiger partial charge in [0, 0.05) is 6.92 Å². The van der Waals surface area contributed by atoms with Crippen LogP contribution in [-0.4, -0.2) is 23.0 Å². The number of ether oxygens (including phenoxy) is 1. The molecule has 2 N–H and O–H groups in total. The second-order valence-electron chi connectivity index (χ2n) is 2.31. The molecule has 1 rings (SSSR count). The molecule has 0 fully saturated rings. The third-order valence-corrected chi connectivity index (χ3v) is 1.33. The Morgan fingerprint density at radius 2 is 2.58 bits per heavy atom. The number of H-pyrrole nitrogens is 1. The zero-order chi connectivity index (χ0) is 8.97. The van der Waals surface area contributed by atoms with Gasteiger partial charge in [-0.05, 0) is 0 Å². The average molecular weight is 169 g/mol. The molecule has 5 heteroatoms. The molecule has 1 heterocycles. The highest BCUT2D eigenvalue weighted by Gasteiger charge is 1.99. The summed E-state index contributed by atoms with van der Waals surface area (Å²) in [6, 6.07) is 0. The number of nitrogens with zero attached hydrogens (tertiary/aromatic N) is 1. The number of carbonyl (C=O) groups is 1. The van der Waals surface area contributed by atoms with Crippen molar-refractivity contribution in [2.24, 2.45) is 0 Å². The van der Waals surface area contributed by atoms with E-state index in [0.29, 0.717) is 18.2 Å². The number of carbonyl (C=O) groups excluding carboxylic acids is 1. The summed E-state index contributed by atoms with van der Waals surface area (Å²) in [5.74, 6) is 1.20. The van der Waals surface area contributed by atoms with Crippen molar-refractivity contribution in [3.05, 3.63) is 12.0 Å². The lowest BCUT2D eigenvalue weighted by molar-refractivity contribution is -0.119. The molecule has 0 aliphatic carbocycles. The van der Waals surface area contributed by atoms with Crippen molar-refractivity contribution >= 4 is 5.91 Å². The lowest BCUT2D eigenvalue weighted by atomic mass is 10.5. The van der Waals surface area contributed by atoms with E-state index in [4.69, 9.17) is 4.74 Å². The normalized spacial score (nSPS) is 9.50. The molecule has 0 aromatic carbocycles. The monoisotopic (exact) mass is 169 g/mol. The van der Waals surface area contributed by atoms with E-state index < -0.39 is 0 Å². The molecule has 1 amide bonds. The fraction of sp³-hybridized carbons (Fsp3) is 0.429. The average Bonchev–Trinajstić information content (AvgIpc) is 2.48. The van der Waals surface area contributed by atoms with Gasteiger partial charge in [-0.2, -0.15) is 0 Å². The van der Waals surface area contributed by atoms with Crippen molar-refractivity contribution in [3.8, 4) is 5.88 Å². The summed E-state index contributed by atoms with van der Waals surface area (Å²) < 4.78 is 4.87. The molecule has 12 heavy (non-hydrogen) atoms. The van der Waals surface area contributed by atoms with Crippen molar-refractivity contribution in [3.63, 3.8) is 0 Å². The third kappa shape index (κ3) is 2.26. The number of hydrogen-bond donors (Lipinski definition) is 2. The second kappa shape index (κ2) is 3.75. The molecular formula is C7H11N3O2. The Balaban J connectivity index is 2.47. The van der Waals surface area contributed by atoms with Crippen LogP contribution < -0.4 is 10.1 Å². The highest BCUT2D eigenvalue weighted by Crippen LogP contribution is 2.03. The molecule has 0 radical (unpaired) electrons. The standard InChI is InChI=1S/C7H11N3O2/c1-5(11)8-3-6-9-4-7(10-6)12-2/h4H,3H2,1-2H3,(H,8,11)(H,9,10). The SMILES string of the molecule is COc1cnc(CNC(C)=O)[nH]1. The highest BCUT2D eigenvalue weighted by atomic mass is 16.5. The maximum atomic E-state index is 10.5. The van der Waals surface area contributed by atoms with Crippen molar-refractivity contribution < 1.29 is 9.53 Å². The fourth-order valence-electron chi connectivity index (χ4n) is 0.745. The van der Waals surface area contributed by atoms with Crippen LogP contribution in [0.15, 0.2) is 6.20 Å². The van der Waals surface area contributed by atoms with E-state index in [0.717, 1.165) is 0 Å². The van der Waals surface area contributed by atoms with Gasteiger partial charge in [-0.25, -0.2) is 4.98 Å². The summed E-state index contributed by atoms with van der Waals surface area (Å²) in [6.07, 6.45) is 1.57. The van der Waals surface area contributed by atoms with Gasteiger partial charge in [0.05, 0.1) is 19.9 Å². The molecule has 66 valence electrons. The minimum atomic E-state index is -0.0784. The van der Waals surface area contributed by atoms with E-state index in [1.807, 2.05) is 0 Å². The molecule has 0 atom stereocenters. The maximum absolute atomic E-state index is 10.5. The summed E-state index contributed by atoms with van der Waals surface area (Å²) in [5.41, 5.74) is 0. The van der Waals surface area contributed by atoms with Gasteiger partial charge in [-0.15, -0.1) is 0 Å². The van der Waals surface area contributed by atoms with Crippen molar-refractivity contribution in [2.45, 2.75) is 13.5 Å². The second-order valence-corrected chi connectivity index (χ2v) is 2.31. The van der Waals surface area contributed by atoms with Crippen LogP contribution in [0.3, 0.4) is 0 Å². The molecule has 0 aliphatic rings. The largest absolute Gasteiger partial charge is 0.481 e. The Kier molecular flexibility index (Phi) is 2.68. The zero-order valence-electron chi connectivity index (χ0n) is 7.05. The predicted octanol–water partition coefficient (Wildman–Crippen LogP) is 0.0544. The van der Waals surface area contributed by atoms with Crippen LogP contribution in [-0.2, 0) is 11.3 Å². The zero-order valence-corrected chi connectivity index (χ0v) is 7.05. The molecule has 0 aliphatic heterocycles. The summed E-state index contributed by atoms with van der Waals surface area (Å²) in [6.45, 7) is 1.86. The van der Waals surface area contributed by atoms with Crippen LogP contribution >= 0.6 is 0 Å². The lowest BCUT2D eigenvalue weighted by Gasteiger charge is -1.96. The van der Waals surface area contributed by atoms with Crippen LogP contribution in [0.5, 0.6) is 5.88 Å². The predicted molar refractivity (Wildman–Crippen MR) is 42.7 cm³/mol. The lowest BCUT2D eigenvalue weighted by Crippen LogP contribution is -2.19. The Labute approximate surface area is 70.1 Å². The Morgan fingerprint density at radius 1 is 1.83 bits per heavy atom. The number of nitrogens with one attached hydrogen (secondary N) is 2. The number of imidazole rings is 1. The molecule has 5 nitrogen and oxygen atoms in total. The molecule has 1 aromatic heterocycles. The number of amides is 1. The fourth-order valence-corrected chi connectivity index (χ4v) is 0.745. The quantitative estimate of drug-likeness (QED) is 0.672. The molecule has 0 bridgehead atoms. The summed E-state index contributed by atoms with van der Waals surface area (Å²) in [5, 5.41) is 2.61. The number of rotatable bonds is 3. The number of aromatic amines is 1. The van der Waals surface area contributed by atoms with Gasteiger partial charge in [0.1, 0.15) is 5.82 Å². The van der Waals surface area contributed by atoms with Crippen LogP contribution in [0, 0.1) is 0 Å². The van der Waals surface area contributed by atoms with Crippen LogP contribution in [0.1, 0.15) is 12.7 Å². The molecule has 1 aromatic rings. The Hall–Kier alpha value is -1.52. The van der Waals surface area contributed by atoms with E-state index in [9.17, 15) is 4.79 Å². The Morgan fingerprint density at radius 3 is 3.08 bits per heavy atom. The number of hydrogen-bond acceptors (Lipinski definition) is 3. The van der Waals surface area contributed by atoms with Gasteiger partial charge in [0.25, 0.3) is 0 Å². The molecule has 0 saturated carbocycles. The molecule has 0 saturated heterocycles. The van der Waals surface area contributed by atoms with E-state index >= 15 is 0 Å². The first-order valence-electron chi connectivity index (χ1n) is 3.54. The maximum Gasteiger partial charge on any atom is 0.217 e. The van der Waals surface area contributed by atoms with Crippen molar-refractivity contribution in [1.29, 1.82) is 0 Å². The van der Waals surface area contributed by atoms with Crippen LogP contribution in [0.2, 0.25) is 0 Å². The van der Waals surface area contributed by atoms with Crippen molar-refractivity contribution in [2.75, 3.05) is 7.11 Å². The van der Waals surface area contributed by atoms with E-state index in [1.54, 1.807) is 13.3 Å². The summed E-state index contributed by atoms with van der Waals surface area (Å²) >= 11 is 0. The van der Waals surface area contributed by atoms with Crippen LogP contribution in [0.4, 0.5) is 0 Å². The van der Waals surface area contributed by atoms with Gasteiger partial charge < -0.3 is 15.0 Å². The number of methoxy groups -OCH3 is 1. The van der Waals surface area contributed by atoms with Gasteiger partial charge in [0.2, 0.25) is 11.8 Å². The number of aromatic nitrogens is 2. The van der Waals surface area contributed by atoms with Gasteiger partial charge in [-0.1, -0.05) is 0 Å². The smallest absolute Gasteiger partial charge is 0.217 e. The van der Waals surface area contributed by atoms with E-state index in [1.165, 1.54) is 6.92 Å². The minimum absolute atomic E-state index is 0.0784.